The van der Waals surface area contributed by atoms with E-state index in [-0.39, 0.29) is 47.3 Å². The van der Waals surface area contributed by atoms with Crippen LogP contribution in [0.3, 0.4) is 0 Å². The fourth-order valence-corrected chi connectivity index (χ4v) is 14.8. The van der Waals surface area contributed by atoms with Crippen molar-refractivity contribution in [3.8, 4) is 0 Å². The number of rotatable bonds is 7. The monoisotopic (exact) mass is 844 g/mol. The zero-order valence-corrected chi connectivity index (χ0v) is 37.1. The molecule has 1 N–H and O–H groups in total. The predicted molar refractivity (Wildman–Crippen MR) is 208 cm³/mol. The summed E-state index contributed by atoms with van der Waals surface area (Å²) in [7, 11) is 0. The summed E-state index contributed by atoms with van der Waals surface area (Å²) in [5, 5.41) is 12.4. The lowest BCUT2D eigenvalue weighted by atomic mass is 9.44. The second-order valence-electron chi connectivity index (χ2n) is 20.8. The molecule has 3 heterocycles. The number of hydrogen-bond acceptors (Lipinski definition) is 15. The van der Waals surface area contributed by atoms with Gasteiger partial charge in [0.25, 0.3) is 0 Å². The Balaban J connectivity index is 1.11. The second kappa shape index (κ2) is 13.9. The van der Waals surface area contributed by atoms with Crippen LogP contribution in [0.5, 0.6) is 0 Å². The van der Waals surface area contributed by atoms with Crippen LogP contribution < -0.4 is 0 Å². The van der Waals surface area contributed by atoms with E-state index in [2.05, 4.69) is 40.7 Å². The molecule has 0 amide bonds. The van der Waals surface area contributed by atoms with Gasteiger partial charge >= 0.3 is 29.8 Å². The van der Waals surface area contributed by atoms with Crippen LogP contribution in [0.1, 0.15) is 122 Å². The maximum absolute atomic E-state index is 13.1. The molecule has 8 rings (SSSR count). The number of carbonyl (C=O) groups excluding carboxylic acids is 5. The summed E-state index contributed by atoms with van der Waals surface area (Å²) < 4.78 is 55.3. The molecule has 17 atom stereocenters. The smallest absolute Gasteiger partial charge is 0.303 e. The van der Waals surface area contributed by atoms with E-state index in [4.69, 9.17) is 42.6 Å². The average molecular weight is 845 g/mol. The van der Waals surface area contributed by atoms with Gasteiger partial charge in [-0.15, -0.1) is 0 Å². The maximum Gasteiger partial charge on any atom is 0.303 e. The van der Waals surface area contributed by atoms with E-state index in [1.807, 2.05) is 0 Å². The first-order valence-electron chi connectivity index (χ1n) is 21.7. The summed E-state index contributed by atoms with van der Waals surface area (Å²) in [4.78, 5) is 62.0. The van der Waals surface area contributed by atoms with E-state index in [1.165, 1.54) is 40.2 Å². The van der Waals surface area contributed by atoms with E-state index in [1.54, 1.807) is 13.8 Å². The number of ether oxygens (including phenoxy) is 9. The van der Waals surface area contributed by atoms with Gasteiger partial charge in [-0.2, -0.15) is 0 Å². The Morgan fingerprint density at radius 2 is 1.38 bits per heavy atom. The van der Waals surface area contributed by atoms with Crippen molar-refractivity contribution in [2.75, 3.05) is 6.61 Å². The lowest BCUT2D eigenvalue weighted by Gasteiger charge is -2.62. The van der Waals surface area contributed by atoms with E-state index < -0.39 is 101 Å². The Bertz CT molecular complexity index is 1870. The molecule has 8 aliphatic rings. The van der Waals surface area contributed by atoms with Crippen LogP contribution in [0.25, 0.3) is 0 Å². The van der Waals surface area contributed by atoms with Gasteiger partial charge in [0.2, 0.25) is 5.79 Å². The third kappa shape index (κ3) is 6.01. The fraction of sp³-hybridized carbons (Fsp3) is 0.844. The summed E-state index contributed by atoms with van der Waals surface area (Å²) in [6.45, 7) is 21.0. The molecule has 0 bridgehead atoms. The zero-order chi connectivity index (χ0) is 43.9. The van der Waals surface area contributed by atoms with Crippen molar-refractivity contribution in [2.24, 2.45) is 44.8 Å². The van der Waals surface area contributed by atoms with Crippen LogP contribution >= 0.6 is 0 Å². The quantitative estimate of drug-likeness (QED) is 0.208. The van der Waals surface area contributed by atoms with Gasteiger partial charge < -0.3 is 47.7 Å². The Morgan fingerprint density at radius 1 is 0.767 bits per heavy atom. The van der Waals surface area contributed by atoms with Crippen LogP contribution in [-0.4, -0.2) is 108 Å². The third-order valence-corrected chi connectivity index (χ3v) is 16.9. The minimum atomic E-state index is -1.87. The Kier molecular flexibility index (Phi) is 10.1. The van der Waals surface area contributed by atoms with E-state index >= 15 is 0 Å². The number of allylic oxidation sites excluding steroid dienone is 2. The average Bonchev–Trinajstić information content (AvgIpc) is 3.63. The summed E-state index contributed by atoms with van der Waals surface area (Å²) in [5.41, 5.74) is -1.51. The van der Waals surface area contributed by atoms with E-state index in [0.29, 0.717) is 19.3 Å². The van der Waals surface area contributed by atoms with Gasteiger partial charge in [-0.1, -0.05) is 46.3 Å². The Morgan fingerprint density at radius 3 is 2.00 bits per heavy atom. The van der Waals surface area contributed by atoms with Crippen LogP contribution in [0.15, 0.2) is 11.6 Å². The third-order valence-electron chi connectivity index (χ3n) is 16.9. The number of fused-ring (bicyclic) bond motifs is 5. The minimum absolute atomic E-state index is 0.116. The summed E-state index contributed by atoms with van der Waals surface area (Å²) in [5.74, 6) is -4.84. The SMILES string of the molecule is CC(=O)O[C@@H]1[C@@H](OC(C)=O)[C@H](O[C@H]2CC[C@]34C[C@]35C[C@@H](OC(C)=O)[C@]3(C)[C@H]6[C@H](C)[C@H]7OC(C)(C)[C@@H](OC(C)=O)[C@@]7(O)O[C@H]6C[C@@]3(C)C5=CC[C@H]4C2(C)C)OC[C@H]1OC(C)=O. The zero-order valence-electron chi connectivity index (χ0n) is 37.1. The molecule has 15 nitrogen and oxygen atoms in total. The molecule has 4 saturated carbocycles. The number of hydrogen-bond donors (Lipinski definition) is 1. The Labute approximate surface area is 352 Å². The lowest BCUT2D eigenvalue weighted by molar-refractivity contribution is -0.330. The standard InChI is InChI=1S/C45H64O15/c1-21-33-27(59-45(51)36(21)60-40(9,10)38(45)57-26(6)50)17-41(11)30-14-13-29-39(7,8)31(15-16-43(29)20-44(30,43)18-32(42(33,41)12)54-23(3)47)58-37-35(56-25(5)49)34(55-24(4)48)28(19-52-37)53-22(2)46/h14,21,27-29,31-38,51H,13,15-20H2,1-12H3/t21-,27-,28+,29-,31-,32+,33-,34-,35+,36+,37-,38+,41-,42+,43+,44-,45-/m0/s1. The molecule has 0 aromatic carbocycles. The van der Waals surface area contributed by atoms with Crippen molar-refractivity contribution in [2.45, 2.75) is 188 Å². The molecule has 0 unspecified atom stereocenters. The van der Waals surface area contributed by atoms with E-state index in [0.717, 1.165) is 19.3 Å². The molecular weight excluding hydrogens is 780 g/mol. The molecule has 15 heteroatoms. The molecule has 2 spiro atoms. The van der Waals surface area contributed by atoms with Crippen molar-refractivity contribution in [1.82, 2.24) is 0 Å². The van der Waals surface area contributed by atoms with Gasteiger partial charge in [0.05, 0.1) is 18.8 Å². The highest BCUT2D eigenvalue weighted by Gasteiger charge is 2.85. The highest BCUT2D eigenvalue weighted by Crippen LogP contribution is 2.88. The largest absolute Gasteiger partial charge is 0.462 e. The molecule has 7 fully saturated rings. The molecule has 3 aliphatic heterocycles. The van der Waals surface area contributed by atoms with Crippen LogP contribution in [0.4, 0.5) is 0 Å². The van der Waals surface area contributed by atoms with Crippen molar-refractivity contribution < 1.29 is 71.7 Å². The van der Waals surface area contributed by atoms with Crippen molar-refractivity contribution in [3.05, 3.63) is 11.6 Å². The van der Waals surface area contributed by atoms with Gasteiger partial charge in [-0.25, -0.2) is 0 Å². The number of carbonyl (C=O) groups is 5. The molecule has 3 saturated heterocycles. The Hall–Kier alpha value is -3.11. The van der Waals surface area contributed by atoms with E-state index in [9.17, 15) is 29.1 Å². The highest BCUT2D eigenvalue weighted by atomic mass is 16.7. The topological polar surface area (TPSA) is 189 Å². The molecule has 0 aromatic heterocycles. The van der Waals surface area contributed by atoms with Crippen LogP contribution in [0.2, 0.25) is 0 Å². The number of aliphatic hydroxyl groups is 1. The molecule has 5 aliphatic carbocycles. The first-order chi connectivity index (χ1) is 27.8. The van der Waals surface area contributed by atoms with Gasteiger partial charge in [-0.05, 0) is 75.0 Å². The first kappa shape index (κ1) is 43.5. The summed E-state index contributed by atoms with van der Waals surface area (Å²) in [6, 6.07) is 0. The highest BCUT2D eigenvalue weighted by molar-refractivity contribution is 5.69. The van der Waals surface area contributed by atoms with Crippen molar-refractivity contribution in [3.63, 3.8) is 0 Å². The van der Waals surface area contributed by atoms with Crippen LogP contribution in [0, 0.1) is 44.8 Å². The van der Waals surface area contributed by atoms with Gasteiger partial charge in [0, 0.05) is 56.8 Å². The van der Waals surface area contributed by atoms with Gasteiger partial charge in [-0.3, -0.25) is 24.0 Å². The summed E-state index contributed by atoms with van der Waals surface area (Å²) >= 11 is 0. The molecular formula is C45H64O15. The number of esters is 5. The molecule has 0 aromatic rings. The predicted octanol–water partition coefficient (Wildman–Crippen LogP) is 4.87. The maximum atomic E-state index is 13.1. The van der Waals surface area contributed by atoms with Crippen molar-refractivity contribution >= 4 is 29.8 Å². The van der Waals surface area contributed by atoms with Crippen molar-refractivity contribution in [1.29, 1.82) is 0 Å². The minimum Gasteiger partial charge on any atom is -0.462 e. The first-order valence-corrected chi connectivity index (χ1v) is 21.7. The van der Waals surface area contributed by atoms with Gasteiger partial charge in [0.15, 0.2) is 30.7 Å². The van der Waals surface area contributed by atoms with Gasteiger partial charge in [0.1, 0.15) is 17.8 Å². The molecule has 60 heavy (non-hydrogen) atoms. The molecule has 0 radical (unpaired) electrons. The lowest BCUT2D eigenvalue weighted by Crippen LogP contribution is -2.65. The van der Waals surface area contributed by atoms with Crippen LogP contribution in [-0.2, 0) is 66.6 Å². The molecule has 334 valence electrons. The fourth-order valence-electron chi connectivity index (χ4n) is 14.8. The second-order valence-corrected chi connectivity index (χ2v) is 20.8. The summed E-state index contributed by atoms with van der Waals surface area (Å²) in [6.07, 6.45) is -0.637. The normalized spacial score (nSPS) is 48.9.